The molecular formula is C64H66N8O7. The first-order valence-electron chi connectivity index (χ1n) is 26.3. The van der Waals surface area contributed by atoms with Crippen molar-refractivity contribution in [2.45, 2.75) is 74.5 Å². The predicted molar refractivity (Wildman–Crippen MR) is 319 cm³/mol. The second kappa shape index (κ2) is 23.0. The van der Waals surface area contributed by atoms with Gasteiger partial charge in [-0.2, -0.15) is 0 Å². The van der Waals surface area contributed by atoms with Gasteiger partial charge in [-0.05, 0) is 136 Å². The summed E-state index contributed by atoms with van der Waals surface area (Å²) >= 11 is 0. The van der Waals surface area contributed by atoms with Crippen LogP contribution in [0.2, 0.25) is 0 Å². The van der Waals surface area contributed by atoms with E-state index in [1.807, 2.05) is 126 Å². The molecule has 0 saturated heterocycles. The van der Waals surface area contributed by atoms with Gasteiger partial charge in [0.15, 0.2) is 0 Å². The summed E-state index contributed by atoms with van der Waals surface area (Å²) in [5.74, 6) is -1.34. The Labute approximate surface area is 460 Å². The number of aryl methyl sites for hydroxylation is 3. The number of rotatable bonds is 15. The molecular weight excluding hydrogens is 993 g/mol. The highest BCUT2D eigenvalue weighted by Gasteiger charge is 2.28. The third-order valence-electron chi connectivity index (χ3n) is 14.3. The highest BCUT2D eigenvalue weighted by Crippen LogP contribution is 2.46. The van der Waals surface area contributed by atoms with Crippen LogP contribution in [0.25, 0.3) is 90.9 Å². The summed E-state index contributed by atoms with van der Waals surface area (Å²) < 4.78 is 17.1. The Morgan fingerprint density at radius 2 is 0.696 bits per heavy atom. The average Bonchev–Trinajstić information content (AvgIpc) is 4.48. The first kappa shape index (κ1) is 54.9. The van der Waals surface area contributed by atoms with Crippen molar-refractivity contribution in [3.63, 3.8) is 0 Å². The van der Waals surface area contributed by atoms with Crippen LogP contribution < -0.4 is 26.0 Å². The van der Waals surface area contributed by atoms with Crippen LogP contribution in [-0.2, 0) is 28.7 Å². The molecule has 0 radical (unpaired) electrons. The van der Waals surface area contributed by atoms with Crippen LogP contribution in [0.4, 0.5) is 22.7 Å². The van der Waals surface area contributed by atoms with E-state index >= 15 is 0 Å². The number of ether oxygens (including phenoxy) is 3. The maximum atomic E-state index is 13.9. The molecule has 79 heavy (non-hydrogen) atoms. The molecule has 15 nitrogen and oxygen atoms in total. The van der Waals surface area contributed by atoms with Crippen molar-refractivity contribution >= 4 is 92.7 Å². The van der Waals surface area contributed by atoms with E-state index in [9.17, 15) is 19.2 Å². The molecule has 2 unspecified atom stereocenters. The van der Waals surface area contributed by atoms with Gasteiger partial charge in [0.1, 0.15) is 18.0 Å². The van der Waals surface area contributed by atoms with Crippen molar-refractivity contribution in [1.29, 1.82) is 0 Å². The van der Waals surface area contributed by atoms with Crippen molar-refractivity contribution in [2.24, 2.45) is 11.8 Å². The summed E-state index contributed by atoms with van der Waals surface area (Å²) in [7, 11) is 4.57. The molecule has 2 aliphatic heterocycles. The molecule has 404 valence electrons. The van der Waals surface area contributed by atoms with Gasteiger partial charge < -0.3 is 45.4 Å². The molecule has 6 N–H and O–H groups in total. The second-order valence-corrected chi connectivity index (χ2v) is 20.4. The number of amides is 4. The van der Waals surface area contributed by atoms with Gasteiger partial charge in [0.25, 0.3) is 11.8 Å². The fourth-order valence-electron chi connectivity index (χ4n) is 9.89. The number of carbonyl (C=O) groups excluding carboxylic acids is 4. The monoisotopic (exact) mass is 1060 g/mol. The van der Waals surface area contributed by atoms with E-state index in [0.717, 1.165) is 33.4 Å². The maximum absolute atomic E-state index is 13.9. The predicted octanol–water partition coefficient (Wildman–Crippen LogP) is 13.4. The van der Waals surface area contributed by atoms with Gasteiger partial charge in [-0.25, -0.2) is 9.97 Å². The molecule has 0 aliphatic carbocycles. The topological polar surface area (TPSA) is 201 Å². The lowest BCUT2D eigenvalue weighted by Gasteiger charge is -2.20. The minimum Gasteiger partial charge on any atom is -0.496 e. The number of methoxy groups -OCH3 is 3. The molecule has 0 spiro atoms. The number of carbonyl (C=O) groups is 4. The third kappa shape index (κ3) is 10.9. The number of H-pyrrole nitrogens is 2. The normalized spacial score (nSPS) is 12.6. The summed E-state index contributed by atoms with van der Waals surface area (Å²) in [4.78, 5) is 74.0. The Morgan fingerprint density at radius 3 is 1.04 bits per heavy atom. The number of benzene rings is 4. The van der Waals surface area contributed by atoms with Crippen LogP contribution in [0, 0.1) is 32.6 Å². The Hall–Kier alpha value is -8.92. The molecule has 4 aromatic carbocycles. The van der Waals surface area contributed by atoms with E-state index < -0.39 is 24.0 Å². The van der Waals surface area contributed by atoms with Crippen LogP contribution >= 0.6 is 0 Å². The average molecular weight is 1060 g/mol. The Morgan fingerprint density at radius 1 is 0.392 bits per heavy atom. The number of anilines is 4. The molecule has 0 saturated carbocycles. The van der Waals surface area contributed by atoms with E-state index in [-0.39, 0.29) is 23.7 Å². The van der Waals surface area contributed by atoms with E-state index in [1.54, 1.807) is 39.2 Å². The lowest BCUT2D eigenvalue weighted by atomic mass is 9.94. The van der Waals surface area contributed by atoms with Crippen molar-refractivity contribution in [2.75, 3.05) is 42.6 Å². The van der Waals surface area contributed by atoms with E-state index in [2.05, 4.69) is 57.2 Å². The van der Waals surface area contributed by atoms with Crippen molar-refractivity contribution in [3.05, 3.63) is 137 Å². The third-order valence-corrected chi connectivity index (χ3v) is 14.3. The van der Waals surface area contributed by atoms with Crippen molar-refractivity contribution < 1.29 is 33.4 Å². The highest BCUT2D eigenvalue weighted by atomic mass is 16.5. The van der Waals surface area contributed by atoms with Gasteiger partial charge >= 0.3 is 0 Å². The van der Waals surface area contributed by atoms with Crippen molar-refractivity contribution in [1.82, 2.24) is 19.9 Å². The number of hydrogen-bond donors (Lipinski definition) is 6. The zero-order valence-corrected chi connectivity index (χ0v) is 46.6. The van der Waals surface area contributed by atoms with Gasteiger partial charge in [-0.1, -0.05) is 70.2 Å². The molecule has 9 rings (SSSR count). The zero-order valence-electron chi connectivity index (χ0n) is 46.6. The SMILES string of the molecule is COc1cccc(C)c1-c1c2nc(c(-c3c(NC(=O)C(C)C)cccc3NC(=O)C(C)C)c3ccc([nH]3)c(-c3c(C)cccc3C)c3nc(c(-c4c(NC(=O)C(C)OC)cccc4NC(=O)C(C)OC)c4ccc1[nH]4)C=C3)C=C2. The number of nitrogens with zero attached hydrogens (tertiary/aromatic N) is 2. The number of aromatic nitrogens is 4. The molecule has 8 bridgehead atoms. The number of fused-ring (bicyclic) bond motifs is 8. The van der Waals surface area contributed by atoms with Crippen LogP contribution in [-0.4, -0.2) is 77.1 Å². The summed E-state index contributed by atoms with van der Waals surface area (Å²) in [5, 5.41) is 12.6. The summed E-state index contributed by atoms with van der Waals surface area (Å²) in [6, 6.07) is 30.8. The molecule has 3 aromatic heterocycles. The lowest BCUT2D eigenvalue weighted by molar-refractivity contribution is -0.125. The van der Waals surface area contributed by atoms with E-state index in [0.29, 0.717) is 101 Å². The van der Waals surface area contributed by atoms with Gasteiger partial charge in [0, 0.05) is 87.1 Å². The first-order valence-corrected chi connectivity index (χ1v) is 26.3. The van der Waals surface area contributed by atoms with Gasteiger partial charge in [0.05, 0.1) is 52.6 Å². The maximum Gasteiger partial charge on any atom is 0.253 e. The number of aromatic amines is 2. The van der Waals surface area contributed by atoms with Crippen molar-refractivity contribution in [3.8, 4) is 50.3 Å². The fraction of sp³-hybridized carbons (Fsp3) is 0.250. The van der Waals surface area contributed by atoms with Gasteiger partial charge in [-0.15, -0.1) is 0 Å². The second-order valence-electron chi connectivity index (χ2n) is 20.4. The number of nitrogens with one attached hydrogen (secondary N) is 6. The van der Waals surface area contributed by atoms with E-state index in [4.69, 9.17) is 24.2 Å². The van der Waals surface area contributed by atoms with Crippen LogP contribution in [0.1, 0.15) is 81.0 Å². The first-order chi connectivity index (χ1) is 37.9. The Bertz CT molecular complexity index is 3720. The highest BCUT2D eigenvalue weighted by molar-refractivity contribution is 6.11. The smallest absolute Gasteiger partial charge is 0.253 e. The molecule has 15 heteroatoms. The van der Waals surface area contributed by atoms with Crippen LogP contribution in [0.5, 0.6) is 5.75 Å². The van der Waals surface area contributed by atoms with E-state index in [1.165, 1.54) is 14.2 Å². The van der Waals surface area contributed by atoms with Crippen LogP contribution in [0.3, 0.4) is 0 Å². The summed E-state index contributed by atoms with van der Waals surface area (Å²) in [5.41, 5.74) is 14.9. The largest absolute Gasteiger partial charge is 0.496 e. The molecule has 7 aromatic rings. The molecule has 5 heterocycles. The van der Waals surface area contributed by atoms with Gasteiger partial charge in [0.2, 0.25) is 11.8 Å². The molecule has 2 atom stereocenters. The summed E-state index contributed by atoms with van der Waals surface area (Å²) in [6.07, 6.45) is 6.18. The minimum atomic E-state index is -0.818. The lowest BCUT2D eigenvalue weighted by Crippen LogP contribution is -2.28. The quantitative estimate of drug-likeness (QED) is 0.0578. The minimum absolute atomic E-state index is 0.205. The zero-order chi connectivity index (χ0) is 56.4. The van der Waals surface area contributed by atoms with Crippen LogP contribution in [0.15, 0.2) is 97.1 Å². The fourth-order valence-corrected chi connectivity index (χ4v) is 9.89. The van der Waals surface area contributed by atoms with Gasteiger partial charge in [-0.3, -0.25) is 19.2 Å². The molecule has 2 aliphatic rings. The molecule has 0 fully saturated rings. The summed E-state index contributed by atoms with van der Waals surface area (Å²) in [6.45, 7) is 16.8. The Kier molecular flexibility index (Phi) is 15.9. The standard InChI is InChI=1S/C64H66N8O7/c1-33(2)61(73)69-40-20-15-21-41(70-62(74)34(3)4)57(40)59-48-29-25-44(65-48)55(53-35(5)17-13-18-36(53)6)45-26-30-49(66-45)60(58-42(71-63(75)38(8)77-10)22-16-23-43(58)72-64(76)39(9)78-11)51-32-28-47(68-51)56(46-27-31-50(59)67-46)54-37(7)19-14-24-52(54)79-12/h13-34,38-39,65,68H,1-12H3,(H,69,73)(H,70,74)(H,71,75)(H,72,76). The Balaban J connectivity index is 1.53. The number of hydrogen-bond acceptors (Lipinski definition) is 9. The molecule has 4 amide bonds.